The summed E-state index contributed by atoms with van der Waals surface area (Å²) in [7, 11) is 0. The number of nitrogens with zero attached hydrogens (tertiary/aromatic N) is 2. The Bertz CT molecular complexity index is 1140. The van der Waals surface area contributed by atoms with Crippen LogP contribution in [0.1, 0.15) is 5.56 Å². The summed E-state index contributed by atoms with van der Waals surface area (Å²) in [5, 5.41) is 6.16. The Balaban J connectivity index is 1.65. The van der Waals surface area contributed by atoms with E-state index in [4.69, 9.17) is 11.6 Å². The minimum Gasteiger partial charge on any atom is -0.282 e. The maximum atomic E-state index is 12.6. The third-order valence-corrected chi connectivity index (χ3v) is 5.74. The standard InChI is InChI=1S/C19H14ClN3OS2/c1-11-6-8-13(20)10-16(11)23(25)19(24)22-18-21-15-9-7-12-4-2-3-5-14(12)17(15)26-18/h2-10,25H,1H3,(H,21,22,24). The van der Waals surface area contributed by atoms with E-state index in [0.717, 1.165) is 26.6 Å². The fourth-order valence-electron chi connectivity index (χ4n) is 2.77. The number of hydrogen-bond donors (Lipinski definition) is 2. The third kappa shape index (κ3) is 3.11. The first-order chi connectivity index (χ1) is 12.5. The minimum atomic E-state index is -0.387. The van der Waals surface area contributed by atoms with Crippen molar-refractivity contribution in [3.8, 4) is 0 Å². The SMILES string of the molecule is Cc1ccc(Cl)cc1N(S)C(=O)Nc1nc2ccc3ccccc3c2s1. The predicted octanol–water partition coefficient (Wildman–Crippen LogP) is 6.29. The molecule has 0 fully saturated rings. The third-order valence-electron chi connectivity index (χ3n) is 4.09. The maximum Gasteiger partial charge on any atom is 0.338 e. The molecular formula is C19H14ClN3OS2. The molecule has 0 bridgehead atoms. The first-order valence-corrected chi connectivity index (χ1v) is 9.47. The maximum absolute atomic E-state index is 12.6. The summed E-state index contributed by atoms with van der Waals surface area (Å²) in [5.41, 5.74) is 2.38. The number of amides is 2. The largest absolute Gasteiger partial charge is 0.338 e. The van der Waals surface area contributed by atoms with Crippen molar-refractivity contribution >= 4 is 73.6 Å². The molecule has 0 radical (unpaired) electrons. The van der Waals surface area contributed by atoms with Crippen LogP contribution < -0.4 is 9.62 Å². The van der Waals surface area contributed by atoms with Gasteiger partial charge in [0.15, 0.2) is 5.13 Å². The van der Waals surface area contributed by atoms with E-state index in [9.17, 15) is 4.79 Å². The molecule has 0 atom stereocenters. The smallest absolute Gasteiger partial charge is 0.282 e. The Morgan fingerprint density at radius 3 is 2.85 bits per heavy atom. The lowest BCUT2D eigenvalue weighted by Gasteiger charge is -2.18. The topological polar surface area (TPSA) is 45.2 Å². The molecular weight excluding hydrogens is 386 g/mol. The van der Waals surface area contributed by atoms with Crippen LogP contribution in [0.25, 0.3) is 21.0 Å². The molecule has 0 spiro atoms. The van der Waals surface area contributed by atoms with Crippen molar-refractivity contribution in [2.75, 3.05) is 9.62 Å². The number of rotatable bonds is 2. The Hall–Kier alpha value is -2.28. The van der Waals surface area contributed by atoms with Crippen molar-refractivity contribution in [1.29, 1.82) is 0 Å². The molecule has 0 saturated carbocycles. The monoisotopic (exact) mass is 399 g/mol. The van der Waals surface area contributed by atoms with E-state index in [1.807, 2.05) is 37.3 Å². The van der Waals surface area contributed by atoms with E-state index >= 15 is 0 Å². The molecule has 0 aliphatic carbocycles. The van der Waals surface area contributed by atoms with Gasteiger partial charge in [0.1, 0.15) is 0 Å². The number of benzene rings is 3. The molecule has 0 aliphatic heterocycles. The van der Waals surface area contributed by atoms with E-state index in [0.29, 0.717) is 15.8 Å². The number of fused-ring (bicyclic) bond motifs is 3. The fraction of sp³-hybridized carbons (Fsp3) is 0.0526. The first-order valence-electron chi connectivity index (χ1n) is 7.87. The van der Waals surface area contributed by atoms with Crippen LogP contribution in [-0.2, 0) is 0 Å². The number of carbonyl (C=O) groups excluding carboxylic acids is 1. The van der Waals surface area contributed by atoms with Gasteiger partial charge in [-0.3, -0.25) is 5.32 Å². The number of nitrogens with one attached hydrogen (secondary N) is 1. The second-order valence-corrected chi connectivity index (χ2v) is 7.66. The lowest BCUT2D eigenvalue weighted by molar-refractivity contribution is 0.260. The van der Waals surface area contributed by atoms with E-state index in [1.54, 1.807) is 12.1 Å². The van der Waals surface area contributed by atoms with Crippen LogP contribution in [0.15, 0.2) is 54.6 Å². The van der Waals surface area contributed by atoms with Crippen LogP contribution in [0.3, 0.4) is 0 Å². The van der Waals surface area contributed by atoms with Gasteiger partial charge in [-0.15, -0.1) is 0 Å². The minimum absolute atomic E-state index is 0.387. The molecule has 4 rings (SSSR count). The molecule has 3 aromatic carbocycles. The number of aryl methyl sites for hydroxylation is 1. The van der Waals surface area contributed by atoms with Crippen molar-refractivity contribution in [3.63, 3.8) is 0 Å². The summed E-state index contributed by atoms with van der Waals surface area (Å²) in [6.07, 6.45) is 0. The number of halogens is 1. The van der Waals surface area contributed by atoms with Crippen molar-refractivity contribution in [3.05, 3.63) is 65.2 Å². The van der Waals surface area contributed by atoms with Crippen molar-refractivity contribution in [1.82, 2.24) is 4.98 Å². The number of carbonyl (C=O) groups is 1. The van der Waals surface area contributed by atoms with Gasteiger partial charge in [0.25, 0.3) is 0 Å². The molecule has 4 aromatic rings. The zero-order valence-corrected chi connectivity index (χ0v) is 16.2. The highest BCUT2D eigenvalue weighted by Crippen LogP contribution is 2.33. The highest BCUT2D eigenvalue weighted by Gasteiger charge is 2.17. The molecule has 4 nitrogen and oxygen atoms in total. The van der Waals surface area contributed by atoms with Crippen LogP contribution in [-0.4, -0.2) is 11.0 Å². The van der Waals surface area contributed by atoms with Crippen LogP contribution in [0, 0.1) is 6.92 Å². The normalized spacial score (nSPS) is 11.0. The van der Waals surface area contributed by atoms with Crippen molar-refractivity contribution < 1.29 is 4.79 Å². The molecule has 0 unspecified atom stereocenters. The Morgan fingerprint density at radius 2 is 2.00 bits per heavy atom. The zero-order chi connectivity index (χ0) is 18.3. The van der Waals surface area contributed by atoms with Gasteiger partial charge in [0, 0.05) is 10.4 Å². The average Bonchev–Trinajstić information content (AvgIpc) is 3.06. The van der Waals surface area contributed by atoms with Gasteiger partial charge in [-0.25, -0.2) is 14.1 Å². The van der Waals surface area contributed by atoms with Gasteiger partial charge in [-0.1, -0.05) is 72.2 Å². The van der Waals surface area contributed by atoms with E-state index in [2.05, 4.69) is 35.2 Å². The van der Waals surface area contributed by atoms with Gasteiger partial charge >= 0.3 is 6.03 Å². The second-order valence-electron chi connectivity index (χ2n) is 5.83. The van der Waals surface area contributed by atoms with Gasteiger partial charge < -0.3 is 0 Å². The van der Waals surface area contributed by atoms with Crippen LogP contribution >= 0.6 is 35.8 Å². The highest BCUT2D eigenvalue weighted by atomic mass is 35.5. The second kappa shape index (κ2) is 6.79. The molecule has 1 N–H and O–H groups in total. The number of thiazole rings is 1. The Kier molecular flexibility index (Phi) is 4.48. The van der Waals surface area contributed by atoms with Gasteiger partial charge in [0.05, 0.1) is 15.9 Å². The van der Waals surface area contributed by atoms with Gasteiger partial charge in [0.2, 0.25) is 0 Å². The van der Waals surface area contributed by atoms with E-state index < -0.39 is 0 Å². The number of anilines is 2. The number of aromatic nitrogens is 1. The molecule has 0 aliphatic rings. The molecule has 1 aromatic heterocycles. The summed E-state index contributed by atoms with van der Waals surface area (Å²) in [6, 6.07) is 17.0. The molecule has 7 heteroatoms. The fourth-order valence-corrected chi connectivity index (χ4v) is 4.20. The van der Waals surface area contributed by atoms with E-state index in [-0.39, 0.29) is 6.03 Å². The average molecular weight is 400 g/mol. The lowest BCUT2D eigenvalue weighted by atomic mass is 10.1. The van der Waals surface area contributed by atoms with E-state index in [1.165, 1.54) is 15.6 Å². The molecule has 26 heavy (non-hydrogen) atoms. The summed E-state index contributed by atoms with van der Waals surface area (Å²) < 4.78 is 2.29. The highest BCUT2D eigenvalue weighted by molar-refractivity contribution is 7.82. The summed E-state index contributed by atoms with van der Waals surface area (Å²) in [6.45, 7) is 1.89. The summed E-state index contributed by atoms with van der Waals surface area (Å²) >= 11 is 11.8. The lowest BCUT2D eigenvalue weighted by Crippen LogP contribution is -2.27. The number of hydrogen-bond acceptors (Lipinski definition) is 4. The van der Waals surface area contributed by atoms with Gasteiger partial charge in [-0.05, 0) is 36.1 Å². The zero-order valence-electron chi connectivity index (χ0n) is 13.7. The first kappa shape index (κ1) is 17.1. The molecule has 2 amide bonds. The van der Waals surface area contributed by atoms with Crippen LogP contribution in [0.5, 0.6) is 0 Å². The summed E-state index contributed by atoms with van der Waals surface area (Å²) in [4.78, 5) is 17.1. The molecule has 0 saturated heterocycles. The Morgan fingerprint density at radius 1 is 1.19 bits per heavy atom. The number of thiol groups is 1. The van der Waals surface area contributed by atoms with Gasteiger partial charge in [-0.2, -0.15) is 0 Å². The quantitative estimate of drug-likeness (QED) is 0.389. The predicted molar refractivity (Wildman–Crippen MR) is 114 cm³/mol. The van der Waals surface area contributed by atoms with Crippen molar-refractivity contribution in [2.24, 2.45) is 0 Å². The molecule has 1 heterocycles. The van der Waals surface area contributed by atoms with Crippen LogP contribution in [0.4, 0.5) is 15.6 Å². The number of urea groups is 1. The van der Waals surface area contributed by atoms with Crippen molar-refractivity contribution in [2.45, 2.75) is 6.92 Å². The Labute approximate surface area is 165 Å². The summed E-state index contributed by atoms with van der Waals surface area (Å²) in [5.74, 6) is 0. The van der Waals surface area contributed by atoms with Crippen LogP contribution in [0.2, 0.25) is 5.02 Å². The molecule has 130 valence electrons.